The SMILES string of the molecule is CCOC=O.Cc1c[nH]c(CC(=O)O)c1. The molecule has 0 aliphatic carbocycles. The van der Waals surface area contributed by atoms with Crippen LogP contribution in [0, 0.1) is 6.92 Å². The van der Waals surface area contributed by atoms with E-state index in [0.717, 1.165) is 11.3 Å². The Labute approximate surface area is 88.1 Å². The molecule has 0 aliphatic heterocycles. The summed E-state index contributed by atoms with van der Waals surface area (Å²) in [5, 5.41) is 8.36. The van der Waals surface area contributed by atoms with Crippen molar-refractivity contribution in [1.82, 2.24) is 4.98 Å². The molecule has 5 nitrogen and oxygen atoms in total. The van der Waals surface area contributed by atoms with Crippen molar-refractivity contribution in [3.63, 3.8) is 0 Å². The Morgan fingerprint density at radius 3 is 2.60 bits per heavy atom. The summed E-state index contributed by atoms with van der Waals surface area (Å²) in [5.74, 6) is -0.804. The molecule has 1 aromatic heterocycles. The van der Waals surface area contributed by atoms with Crippen LogP contribution in [0.25, 0.3) is 0 Å². The summed E-state index contributed by atoms with van der Waals surface area (Å²) in [4.78, 5) is 22.2. The highest BCUT2D eigenvalue weighted by atomic mass is 16.5. The number of H-pyrrole nitrogens is 1. The van der Waals surface area contributed by atoms with Crippen LogP contribution in [0.5, 0.6) is 0 Å². The summed E-state index contributed by atoms with van der Waals surface area (Å²) in [6.45, 7) is 4.58. The monoisotopic (exact) mass is 213 g/mol. The fourth-order valence-electron chi connectivity index (χ4n) is 0.898. The van der Waals surface area contributed by atoms with Gasteiger partial charge in [0.2, 0.25) is 0 Å². The number of aliphatic carboxylic acids is 1. The number of carbonyl (C=O) groups excluding carboxylic acids is 1. The van der Waals surface area contributed by atoms with E-state index < -0.39 is 5.97 Å². The molecule has 1 heterocycles. The molecular formula is C10H15NO4. The standard InChI is InChI=1S/C7H9NO2.C3H6O2/c1-5-2-6(8-4-5)3-7(9)10;1-2-5-3-4/h2,4,8H,3H2,1H3,(H,9,10);3H,2H2,1H3. The lowest BCUT2D eigenvalue weighted by Crippen LogP contribution is -1.99. The molecule has 15 heavy (non-hydrogen) atoms. The van der Waals surface area contributed by atoms with Crippen LogP contribution in [0.1, 0.15) is 18.2 Å². The Balaban J connectivity index is 0.000000336. The van der Waals surface area contributed by atoms with E-state index in [0.29, 0.717) is 13.1 Å². The number of ether oxygens (including phenoxy) is 1. The minimum atomic E-state index is -0.804. The minimum absolute atomic E-state index is 0.0772. The third kappa shape index (κ3) is 7.30. The third-order valence-corrected chi connectivity index (χ3v) is 1.46. The van der Waals surface area contributed by atoms with Gasteiger partial charge in [0.15, 0.2) is 0 Å². The first-order valence-corrected chi connectivity index (χ1v) is 4.51. The van der Waals surface area contributed by atoms with Gasteiger partial charge < -0.3 is 14.8 Å². The lowest BCUT2D eigenvalue weighted by atomic mass is 10.3. The van der Waals surface area contributed by atoms with Crippen LogP contribution in [0.3, 0.4) is 0 Å². The van der Waals surface area contributed by atoms with Crippen molar-refractivity contribution in [1.29, 1.82) is 0 Å². The van der Waals surface area contributed by atoms with Gasteiger partial charge in [0.05, 0.1) is 13.0 Å². The zero-order valence-corrected chi connectivity index (χ0v) is 8.82. The second-order valence-electron chi connectivity index (χ2n) is 2.82. The third-order valence-electron chi connectivity index (χ3n) is 1.46. The number of hydrogen-bond acceptors (Lipinski definition) is 3. The topological polar surface area (TPSA) is 79.4 Å². The molecule has 5 heteroatoms. The fraction of sp³-hybridized carbons (Fsp3) is 0.400. The zero-order chi connectivity index (χ0) is 11.7. The molecule has 0 radical (unpaired) electrons. The number of aromatic amines is 1. The molecule has 1 rings (SSSR count). The quantitative estimate of drug-likeness (QED) is 0.735. The number of nitrogens with one attached hydrogen (secondary N) is 1. The lowest BCUT2D eigenvalue weighted by Gasteiger charge is -1.87. The molecule has 0 spiro atoms. The van der Waals surface area contributed by atoms with Crippen molar-refractivity contribution < 1.29 is 19.4 Å². The average molecular weight is 213 g/mol. The minimum Gasteiger partial charge on any atom is -0.481 e. The Morgan fingerprint density at radius 1 is 1.67 bits per heavy atom. The van der Waals surface area contributed by atoms with E-state index >= 15 is 0 Å². The highest BCUT2D eigenvalue weighted by molar-refractivity contribution is 5.69. The van der Waals surface area contributed by atoms with Crippen LogP contribution in [0.15, 0.2) is 12.3 Å². The molecular weight excluding hydrogens is 198 g/mol. The lowest BCUT2D eigenvalue weighted by molar-refractivity contribution is -0.136. The predicted octanol–water partition coefficient (Wildman–Crippen LogP) is 1.13. The average Bonchev–Trinajstić information content (AvgIpc) is 2.52. The van der Waals surface area contributed by atoms with Gasteiger partial charge in [0.1, 0.15) is 0 Å². The smallest absolute Gasteiger partial charge is 0.309 e. The molecule has 2 N–H and O–H groups in total. The first kappa shape index (κ1) is 13.2. The molecule has 0 unspecified atom stereocenters. The molecule has 0 aromatic carbocycles. The van der Waals surface area contributed by atoms with Crippen LogP contribution in [-0.2, 0) is 20.7 Å². The van der Waals surface area contributed by atoms with Crippen molar-refractivity contribution in [3.05, 3.63) is 23.5 Å². The Kier molecular flexibility index (Phi) is 6.70. The van der Waals surface area contributed by atoms with Gasteiger partial charge in [-0.1, -0.05) is 0 Å². The van der Waals surface area contributed by atoms with Gasteiger partial charge >= 0.3 is 5.97 Å². The number of rotatable bonds is 4. The summed E-state index contributed by atoms with van der Waals surface area (Å²) in [5.41, 5.74) is 1.82. The number of carboxylic acids is 1. The molecule has 0 atom stereocenters. The number of aromatic nitrogens is 1. The van der Waals surface area contributed by atoms with E-state index in [9.17, 15) is 9.59 Å². The summed E-state index contributed by atoms with van der Waals surface area (Å²) < 4.78 is 4.15. The van der Waals surface area contributed by atoms with Gasteiger partial charge in [-0.25, -0.2) is 0 Å². The van der Waals surface area contributed by atoms with Crippen LogP contribution in [-0.4, -0.2) is 29.1 Å². The molecule has 0 saturated carbocycles. The summed E-state index contributed by atoms with van der Waals surface area (Å²) >= 11 is 0. The number of carboxylic acid groups (broad SMARTS) is 1. The van der Waals surface area contributed by atoms with Crippen molar-refractivity contribution in [2.45, 2.75) is 20.3 Å². The summed E-state index contributed by atoms with van der Waals surface area (Å²) in [6.07, 6.45) is 1.87. The maximum atomic E-state index is 10.2. The number of carbonyl (C=O) groups is 2. The van der Waals surface area contributed by atoms with Crippen molar-refractivity contribution in [2.75, 3.05) is 6.61 Å². The molecule has 84 valence electrons. The van der Waals surface area contributed by atoms with Gasteiger partial charge in [-0.2, -0.15) is 0 Å². The van der Waals surface area contributed by atoms with Crippen molar-refractivity contribution >= 4 is 12.4 Å². The fourth-order valence-corrected chi connectivity index (χ4v) is 0.898. The zero-order valence-electron chi connectivity index (χ0n) is 8.82. The maximum Gasteiger partial charge on any atom is 0.309 e. The molecule has 1 aromatic rings. The van der Waals surface area contributed by atoms with Crippen LogP contribution < -0.4 is 0 Å². The van der Waals surface area contributed by atoms with Gasteiger partial charge in [-0.3, -0.25) is 9.59 Å². The van der Waals surface area contributed by atoms with Crippen molar-refractivity contribution in [3.8, 4) is 0 Å². The summed E-state index contributed by atoms with van der Waals surface area (Å²) in [6, 6.07) is 1.83. The van der Waals surface area contributed by atoms with Crippen LogP contribution >= 0.6 is 0 Å². The van der Waals surface area contributed by atoms with E-state index in [1.807, 2.05) is 13.0 Å². The second-order valence-corrected chi connectivity index (χ2v) is 2.82. The molecule has 0 bridgehead atoms. The second kappa shape index (κ2) is 7.61. The molecule has 0 saturated heterocycles. The van der Waals surface area contributed by atoms with Crippen LogP contribution in [0.4, 0.5) is 0 Å². The van der Waals surface area contributed by atoms with E-state index in [1.165, 1.54) is 0 Å². The summed E-state index contributed by atoms with van der Waals surface area (Å²) in [7, 11) is 0. The van der Waals surface area contributed by atoms with Gasteiger partial charge in [-0.15, -0.1) is 0 Å². The van der Waals surface area contributed by atoms with E-state index in [-0.39, 0.29) is 6.42 Å². The van der Waals surface area contributed by atoms with E-state index in [2.05, 4.69) is 9.72 Å². The normalized spacial score (nSPS) is 8.67. The van der Waals surface area contributed by atoms with Gasteiger partial charge in [0.25, 0.3) is 6.47 Å². The molecule has 0 fully saturated rings. The maximum absolute atomic E-state index is 10.2. The molecule has 0 amide bonds. The van der Waals surface area contributed by atoms with E-state index in [4.69, 9.17) is 5.11 Å². The predicted molar refractivity (Wildman–Crippen MR) is 54.6 cm³/mol. The molecule has 0 aliphatic rings. The largest absolute Gasteiger partial charge is 0.481 e. The van der Waals surface area contributed by atoms with Gasteiger partial charge in [-0.05, 0) is 25.5 Å². The first-order chi connectivity index (χ1) is 7.10. The van der Waals surface area contributed by atoms with Gasteiger partial charge in [0, 0.05) is 11.9 Å². The Hall–Kier alpha value is -1.78. The first-order valence-electron chi connectivity index (χ1n) is 4.51. The van der Waals surface area contributed by atoms with Crippen LogP contribution in [0.2, 0.25) is 0 Å². The van der Waals surface area contributed by atoms with Crippen molar-refractivity contribution in [2.24, 2.45) is 0 Å². The Bertz CT molecular complexity index is 306. The Morgan fingerprint density at radius 2 is 2.33 bits per heavy atom. The van der Waals surface area contributed by atoms with E-state index in [1.54, 1.807) is 13.1 Å². The highest BCUT2D eigenvalue weighted by Crippen LogP contribution is 2.01. The number of hydrogen-bond donors (Lipinski definition) is 2. The highest BCUT2D eigenvalue weighted by Gasteiger charge is 2.00. The number of aryl methyl sites for hydroxylation is 1.